The monoisotopic (exact) mass is 464 g/mol. The fourth-order valence-electron chi connectivity index (χ4n) is 5.34. The van der Waals surface area contributed by atoms with Crippen molar-refractivity contribution in [2.75, 3.05) is 32.9 Å². The molecule has 34 heavy (non-hydrogen) atoms. The van der Waals surface area contributed by atoms with E-state index in [9.17, 15) is 19.5 Å². The fourth-order valence-corrected chi connectivity index (χ4v) is 5.34. The SMILES string of the molecule is O=C(NC1COCC1C(=O)N1CCCC(C(=O)O)C1)OCC1c2ccccc2-c2ccccc21. The minimum atomic E-state index is -0.881. The van der Waals surface area contributed by atoms with E-state index in [1.165, 1.54) is 0 Å². The lowest BCUT2D eigenvalue weighted by Gasteiger charge is -2.33. The van der Waals surface area contributed by atoms with Crippen molar-refractivity contribution in [3.63, 3.8) is 0 Å². The Morgan fingerprint density at radius 3 is 2.38 bits per heavy atom. The molecular formula is C26H28N2O6. The predicted molar refractivity (Wildman–Crippen MR) is 123 cm³/mol. The second kappa shape index (κ2) is 9.46. The summed E-state index contributed by atoms with van der Waals surface area (Å²) in [4.78, 5) is 38.7. The van der Waals surface area contributed by atoms with Crippen molar-refractivity contribution >= 4 is 18.0 Å². The molecule has 2 N–H and O–H groups in total. The van der Waals surface area contributed by atoms with E-state index in [-0.39, 0.29) is 38.2 Å². The van der Waals surface area contributed by atoms with Crippen molar-refractivity contribution < 1.29 is 29.0 Å². The molecule has 2 aliphatic heterocycles. The minimum Gasteiger partial charge on any atom is -0.481 e. The number of ether oxygens (including phenoxy) is 2. The Kier molecular flexibility index (Phi) is 6.24. The number of carbonyl (C=O) groups is 3. The van der Waals surface area contributed by atoms with E-state index in [2.05, 4.69) is 29.6 Å². The predicted octanol–water partition coefficient (Wildman–Crippen LogP) is 2.86. The van der Waals surface area contributed by atoms with Crippen LogP contribution in [0.2, 0.25) is 0 Å². The molecule has 2 aromatic rings. The largest absolute Gasteiger partial charge is 0.481 e. The van der Waals surface area contributed by atoms with Gasteiger partial charge in [-0.05, 0) is 35.1 Å². The highest BCUT2D eigenvalue weighted by Crippen LogP contribution is 2.44. The molecule has 3 aliphatic rings. The summed E-state index contributed by atoms with van der Waals surface area (Å²) in [6, 6.07) is 15.7. The van der Waals surface area contributed by atoms with Gasteiger partial charge < -0.3 is 24.8 Å². The Morgan fingerprint density at radius 2 is 1.71 bits per heavy atom. The van der Waals surface area contributed by atoms with Crippen LogP contribution < -0.4 is 5.32 Å². The molecule has 2 saturated heterocycles. The fraction of sp³-hybridized carbons (Fsp3) is 0.423. The summed E-state index contributed by atoms with van der Waals surface area (Å²) in [7, 11) is 0. The van der Waals surface area contributed by atoms with Gasteiger partial charge in [-0.2, -0.15) is 0 Å². The molecule has 0 radical (unpaired) electrons. The van der Waals surface area contributed by atoms with E-state index in [0.29, 0.717) is 19.4 Å². The zero-order chi connectivity index (χ0) is 23.7. The van der Waals surface area contributed by atoms with Crippen LogP contribution in [-0.4, -0.2) is 66.9 Å². The van der Waals surface area contributed by atoms with Crippen LogP contribution in [0.3, 0.4) is 0 Å². The Hall–Kier alpha value is -3.39. The number of fused-ring (bicyclic) bond motifs is 3. The lowest BCUT2D eigenvalue weighted by atomic mass is 9.95. The van der Waals surface area contributed by atoms with Crippen LogP contribution in [0.4, 0.5) is 4.79 Å². The van der Waals surface area contributed by atoms with Crippen LogP contribution in [0.25, 0.3) is 11.1 Å². The molecule has 0 saturated carbocycles. The smallest absolute Gasteiger partial charge is 0.407 e. The number of hydrogen-bond acceptors (Lipinski definition) is 5. The van der Waals surface area contributed by atoms with Gasteiger partial charge in [0.2, 0.25) is 5.91 Å². The van der Waals surface area contributed by atoms with Crippen molar-refractivity contribution in [2.45, 2.75) is 24.8 Å². The molecule has 8 heteroatoms. The number of carboxylic acids is 1. The molecule has 3 unspecified atom stereocenters. The molecule has 0 spiro atoms. The van der Waals surface area contributed by atoms with Crippen LogP contribution in [0.5, 0.6) is 0 Å². The third-order valence-electron chi connectivity index (χ3n) is 7.13. The van der Waals surface area contributed by atoms with E-state index in [1.54, 1.807) is 4.90 Å². The normalized spacial score (nSPS) is 23.8. The van der Waals surface area contributed by atoms with Gasteiger partial charge in [0.05, 0.1) is 31.1 Å². The third-order valence-corrected chi connectivity index (χ3v) is 7.13. The van der Waals surface area contributed by atoms with Crippen LogP contribution >= 0.6 is 0 Å². The molecular weight excluding hydrogens is 436 g/mol. The standard InChI is InChI=1S/C26H28N2O6/c29-24(28-11-5-6-16(12-28)25(30)31)22-13-33-15-23(22)27-26(32)34-14-21-19-9-3-1-7-17(19)18-8-2-4-10-20(18)21/h1-4,7-10,16,21-23H,5-6,11-15H2,(H,27,32)(H,30,31). The van der Waals surface area contributed by atoms with Crippen LogP contribution in [0.1, 0.15) is 29.9 Å². The summed E-state index contributed by atoms with van der Waals surface area (Å²) in [5.74, 6) is -2.20. The summed E-state index contributed by atoms with van der Waals surface area (Å²) in [5, 5.41) is 12.1. The van der Waals surface area contributed by atoms with E-state index in [0.717, 1.165) is 22.3 Å². The van der Waals surface area contributed by atoms with Crippen LogP contribution in [-0.2, 0) is 19.1 Å². The van der Waals surface area contributed by atoms with E-state index in [4.69, 9.17) is 9.47 Å². The van der Waals surface area contributed by atoms with Gasteiger partial charge in [-0.15, -0.1) is 0 Å². The zero-order valence-corrected chi connectivity index (χ0v) is 18.8. The minimum absolute atomic E-state index is 0.0447. The Bertz CT molecular complexity index is 1060. The van der Waals surface area contributed by atoms with Gasteiger partial charge in [0.1, 0.15) is 6.61 Å². The highest BCUT2D eigenvalue weighted by molar-refractivity contribution is 5.82. The summed E-state index contributed by atoms with van der Waals surface area (Å²) in [5.41, 5.74) is 4.57. The molecule has 3 atom stereocenters. The molecule has 2 aromatic carbocycles. The van der Waals surface area contributed by atoms with Crippen molar-refractivity contribution in [2.24, 2.45) is 11.8 Å². The average Bonchev–Trinajstić information content (AvgIpc) is 3.44. The Balaban J connectivity index is 1.20. The number of aliphatic carboxylic acids is 1. The summed E-state index contributed by atoms with van der Waals surface area (Å²) < 4.78 is 11.1. The number of carbonyl (C=O) groups excluding carboxylic acids is 2. The highest BCUT2D eigenvalue weighted by Gasteiger charge is 2.40. The van der Waals surface area contributed by atoms with Crippen molar-refractivity contribution in [3.8, 4) is 11.1 Å². The van der Waals surface area contributed by atoms with E-state index in [1.807, 2.05) is 24.3 Å². The number of carboxylic acid groups (broad SMARTS) is 1. The van der Waals surface area contributed by atoms with Gasteiger partial charge in [-0.3, -0.25) is 9.59 Å². The van der Waals surface area contributed by atoms with E-state index >= 15 is 0 Å². The van der Waals surface area contributed by atoms with Crippen molar-refractivity contribution in [1.82, 2.24) is 10.2 Å². The lowest BCUT2D eigenvalue weighted by Crippen LogP contribution is -2.50. The molecule has 1 aliphatic carbocycles. The lowest BCUT2D eigenvalue weighted by molar-refractivity contribution is -0.146. The van der Waals surface area contributed by atoms with Gasteiger partial charge >= 0.3 is 12.1 Å². The molecule has 2 amide bonds. The van der Waals surface area contributed by atoms with Crippen molar-refractivity contribution in [1.29, 1.82) is 0 Å². The number of nitrogens with one attached hydrogen (secondary N) is 1. The van der Waals surface area contributed by atoms with Gasteiger partial charge in [0.25, 0.3) is 0 Å². The quantitative estimate of drug-likeness (QED) is 0.705. The maximum Gasteiger partial charge on any atom is 0.407 e. The van der Waals surface area contributed by atoms with Gasteiger partial charge in [0, 0.05) is 19.0 Å². The summed E-state index contributed by atoms with van der Waals surface area (Å²) in [6.45, 7) is 1.33. The second-order valence-corrected chi connectivity index (χ2v) is 9.18. The van der Waals surface area contributed by atoms with Crippen LogP contribution in [0, 0.1) is 11.8 Å². The summed E-state index contributed by atoms with van der Waals surface area (Å²) >= 11 is 0. The van der Waals surface area contributed by atoms with E-state index < -0.39 is 29.9 Å². The first-order valence-electron chi connectivity index (χ1n) is 11.7. The average molecular weight is 465 g/mol. The molecule has 8 nitrogen and oxygen atoms in total. The molecule has 178 valence electrons. The number of piperidine rings is 1. The Morgan fingerprint density at radius 1 is 1.03 bits per heavy atom. The number of nitrogens with zero attached hydrogens (tertiary/aromatic N) is 1. The first-order chi connectivity index (χ1) is 16.5. The molecule has 5 rings (SSSR count). The number of hydrogen-bond donors (Lipinski definition) is 2. The number of amides is 2. The maximum atomic E-state index is 13.1. The summed E-state index contributed by atoms with van der Waals surface area (Å²) in [6.07, 6.45) is 0.639. The number of alkyl carbamates (subject to hydrolysis) is 1. The van der Waals surface area contributed by atoms with Crippen LogP contribution in [0.15, 0.2) is 48.5 Å². The highest BCUT2D eigenvalue weighted by atomic mass is 16.5. The van der Waals surface area contributed by atoms with Gasteiger partial charge in [-0.1, -0.05) is 48.5 Å². The first kappa shape index (κ1) is 22.4. The number of benzene rings is 2. The Labute approximate surface area is 197 Å². The molecule has 2 heterocycles. The first-order valence-corrected chi connectivity index (χ1v) is 11.7. The maximum absolute atomic E-state index is 13.1. The third kappa shape index (κ3) is 4.25. The molecule has 0 bridgehead atoms. The number of rotatable bonds is 5. The zero-order valence-electron chi connectivity index (χ0n) is 18.8. The number of likely N-dealkylation sites (tertiary alicyclic amines) is 1. The molecule has 0 aromatic heterocycles. The molecule has 2 fully saturated rings. The topological polar surface area (TPSA) is 105 Å². The van der Waals surface area contributed by atoms with Crippen molar-refractivity contribution in [3.05, 3.63) is 59.7 Å². The van der Waals surface area contributed by atoms with Gasteiger partial charge in [0.15, 0.2) is 0 Å². The van der Waals surface area contributed by atoms with Gasteiger partial charge in [-0.25, -0.2) is 4.79 Å². The second-order valence-electron chi connectivity index (χ2n) is 9.18.